The third-order valence-corrected chi connectivity index (χ3v) is 2.21. The zero-order valence-electron chi connectivity index (χ0n) is 8.49. The molecule has 0 radical (unpaired) electrons. The summed E-state index contributed by atoms with van der Waals surface area (Å²) in [5.74, 6) is 0. The minimum atomic E-state index is 0.386. The molecule has 1 aliphatic rings. The number of hydrogen-bond acceptors (Lipinski definition) is 2. The predicted octanol–water partition coefficient (Wildman–Crippen LogP) is 2.28. The Morgan fingerprint density at radius 3 is 2.93 bits per heavy atom. The van der Waals surface area contributed by atoms with Crippen LogP contribution in [-0.2, 0) is 0 Å². The topological polar surface area (TPSA) is 24.9 Å². The average Bonchev–Trinajstić information content (AvgIpc) is 2.18. The number of pyridine rings is 1. The molecule has 72 valence electrons. The number of aryl methyl sites for hydroxylation is 1. The van der Waals surface area contributed by atoms with Gasteiger partial charge in [-0.1, -0.05) is 18.2 Å². The molecule has 2 rings (SSSR count). The fourth-order valence-electron chi connectivity index (χ4n) is 1.51. The Hall–Kier alpha value is -1.57. The van der Waals surface area contributed by atoms with Gasteiger partial charge < -0.3 is 5.32 Å². The summed E-state index contributed by atoms with van der Waals surface area (Å²) >= 11 is 0. The van der Waals surface area contributed by atoms with Crippen LogP contribution in [0.15, 0.2) is 36.4 Å². The van der Waals surface area contributed by atoms with Gasteiger partial charge in [-0.15, -0.1) is 0 Å². The van der Waals surface area contributed by atoms with Crippen molar-refractivity contribution in [2.45, 2.75) is 19.9 Å². The van der Waals surface area contributed by atoms with Gasteiger partial charge in [0.15, 0.2) is 0 Å². The van der Waals surface area contributed by atoms with E-state index in [9.17, 15) is 0 Å². The van der Waals surface area contributed by atoms with Gasteiger partial charge in [-0.25, -0.2) is 0 Å². The molecule has 0 aromatic carbocycles. The quantitative estimate of drug-likeness (QED) is 0.727. The number of aromatic nitrogens is 1. The van der Waals surface area contributed by atoms with Gasteiger partial charge in [0.05, 0.1) is 11.4 Å². The van der Waals surface area contributed by atoms with E-state index in [0.717, 1.165) is 17.1 Å². The lowest BCUT2D eigenvalue weighted by Gasteiger charge is -2.17. The van der Waals surface area contributed by atoms with E-state index in [2.05, 4.69) is 35.5 Å². The summed E-state index contributed by atoms with van der Waals surface area (Å²) < 4.78 is 0. The van der Waals surface area contributed by atoms with Crippen molar-refractivity contribution in [1.82, 2.24) is 10.3 Å². The van der Waals surface area contributed by atoms with Crippen LogP contribution in [0.25, 0.3) is 5.70 Å². The van der Waals surface area contributed by atoms with Gasteiger partial charge in [-0.3, -0.25) is 4.98 Å². The number of nitrogens with one attached hydrogen (secondary N) is 1. The molecule has 2 heterocycles. The minimum absolute atomic E-state index is 0.386. The maximum atomic E-state index is 4.47. The first-order valence-electron chi connectivity index (χ1n) is 4.85. The van der Waals surface area contributed by atoms with E-state index in [1.54, 1.807) is 0 Å². The van der Waals surface area contributed by atoms with Crippen LogP contribution in [0, 0.1) is 6.92 Å². The Balaban J connectivity index is 2.31. The molecule has 2 heteroatoms. The molecule has 1 atom stereocenters. The second kappa shape index (κ2) is 3.66. The molecule has 1 aliphatic heterocycles. The van der Waals surface area contributed by atoms with E-state index in [4.69, 9.17) is 0 Å². The molecule has 1 unspecified atom stereocenters. The average molecular weight is 186 g/mol. The Labute approximate surface area is 84.4 Å². The number of nitrogens with zero attached hydrogens (tertiary/aromatic N) is 1. The SMILES string of the molecule is Cc1cccc(C2=CC=CC(C)N2)n1. The van der Waals surface area contributed by atoms with Crippen molar-refractivity contribution in [2.75, 3.05) is 0 Å². The molecule has 0 saturated carbocycles. The molecule has 0 fully saturated rings. The largest absolute Gasteiger partial charge is 0.377 e. The van der Waals surface area contributed by atoms with Crippen molar-refractivity contribution in [1.29, 1.82) is 0 Å². The molecule has 0 aliphatic carbocycles. The van der Waals surface area contributed by atoms with Gasteiger partial charge >= 0.3 is 0 Å². The van der Waals surface area contributed by atoms with Crippen LogP contribution in [0.2, 0.25) is 0 Å². The van der Waals surface area contributed by atoms with Crippen molar-refractivity contribution in [3.8, 4) is 0 Å². The number of allylic oxidation sites excluding steroid dienone is 2. The van der Waals surface area contributed by atoms with E-state index >= 15 is 0 Å². The number of dihydropyridines is 1. The zero-order chi connectivity index (χ0) is 9.97. The lowest BCUT2D eigenvalue weighted by Crippen LogP contribution is -2.24. The molecule has 0 amide bonds. The Morgan fingerprint density at radius 1 is 1.36 bits per heavy atom. The van der Waals surface area contributed by atoms with Gasteiger partial charge in [0.25, 0.3) is 0 Å². The molecule has 2 nitrogen and oxygen atoms in total. The molecule has 0 bridgehead atoms. The standard InChI is InChI=1S/C12H14N2/c1-9-5-3-7-11(13-9)12-8-4-6-10(2)14-12/h3-9,13H,1-2H3. The second-order valence-corrected chi connectivity index (χ2v) is 3.56. The summed E-state index contributed by atoms with van der Waals surface area (Å²) in [7, 11) is 0. The van der Waals surface area contributed by atoms with Crippen LogP contribution in [0.1, 0.15) is 18.3 Å². The summed E-state index contributed by atoms with van der Waals surface area (Å²) in [6, 6.07) is 6.45. The van der Waals surface area contributed by atoms with E-state index in [1.165, 1.54) is 0 Å². The van der Waals surface area contributed by atoms with Crippen LogP contribution in [-0.4, -0.2) is 11.0 Å². The summed E-state index contributed by atoms with van der Waals surface area (Å²) in [5.41, 5.74) is 3.16. The van der Waals surface area contributed by atoms with Gasteiger partial charge in [0, 0.05) is 11.7 Å². The molecular weight excluding hydrogens is 172 g/mol. The first kappa shape index (κ1) is 9.00. The smallest absolute Gasteiger partial charge is 0.0864 e. The van der Waals surface area contributed by atoms with Gasteiger partial charge in [-0.2, -0.15) is 0 Å². The highest BCUT2D eigenvalue weighted by molar-refractivity contribution is 5.64. The molecule has 0 saturated heterocycles. The van der Waals surface area contributed by atoms with E-state index in [0.29, 0.717) is 6.04 Å². The Bertz CT molecular complexity index is 391. The lowest BCUT2D eigenvalue weighted by molar-refractivity contribution is 0.774. The van der Waals surface area contributed by atoms with Crippen LogP contribution in [0.5, 0.6) is 0 Å². The molecule has 1 aromatic heterocycles. The van der Waals surface area contributed by atoms with Crippen LogP contribution < -0.4 is 5.32 Å². The highest BCUT2D eigenvalue weighted by atomic mass is 14.9. The first-order chi connectivity index (χ1) is 6.75. The van der Waals surface area contributed by atoms with Crippen molar-refractivity contribution in [3.05, 3.63) is 47.8 Å². The predicted molar refractivity (Wildman–Crippen MR) is 58.7 cm³/mol. The summed E-state index contributed by atoms with van der Waals surface area (Å²) in [5, 5.41) is 3.37. The normalized spacial score (nSPS) is 20.1. The van der Waals surface area contributed by atoms with Crippen LogP contribution in [0.4, 0.5) is 0 Å². The highest BCUT2D eigenvalue weighted by Crippen LogP contribution is 2.13. The van der Waals surface area contributed by atoms with E-state index in [1.807, 2.05) is 25.1 Å². The van der Waals surface area contributed by atoms with E-state index < -0.39 is 0 Å². The maximum Gasteiger partial charge on any atom is 0.0864 e. The summed E-state index contributed by atoms with van der Waals surface area (Å²) in [6.45, 7) is 4.13. The second-order valence-electron chi connectivity index (χ2n) is 3.56. The Morgan fingerprint density at radius 2 is 2.21 bits per heavy atom. The summed E-state index contributed by atoms with van der Waals surface area (Å²) in [6.07, 6.45) is 6.25. The number of hydrogen-bond donors (Lipinski definition) is 1. The van der Waals surface area contributed by atoms with Crippen LogP contribution in [0.3, 0.4) is 0 Å². The fraction of sp³-hybridized carbons (Fsp3) is 0.250. The Kier molecular flexibility index (Phi) is 2.35. The van der Waals surface area contributed by atoms with Crippen LogP contribution >= 0.6 is 0 Å². The van der Waals surface area contributed by atoms with Gasteiger partial charge in [-0.05, 0) is 32.1 Å². The van der Waals surface area contributed by atoms with Crippen molar-refractivity contribution in [2.24, 2.45) is 0 Å². The van der Waals surface area contributed by atoms with Gasteiger partial charge in [0.2, 0.25) is 0 Å². The minimum Gasteiger partial charge on any atom is -0.377 e. The third kappa shape index (κ3) is 1.84. The van der Waals surface area contributed by atoms with Gasteiger partial charge in [0.1, 0.15) is 0 Å². The molecule has 1 aromatic rings. The number of rotatable bonds is 1. The molecule has 14 heavy (non-hydrogen) atoms. The molecule has 1 N–H and O–H groups in total. The maximum absolute atomic E-state index is 4.47. The van der Waals surface area contributed by atoms with Crippen molar-refractivity contribution < 1.29 is 0 Å². The zero-order valence-corrected chi connectivity index (χ0v) is 8.49. The fourth-order valence-corrected chi connectivity index (χ4v) is 1.51. The molecular formula is C12H14N2. The van der Waals surface area contributed by atoms with E-state index in [-0.39, 0.29) is 0 Å². The monoisotopic (exact) mass is 186 g/mol. The first-order valence-corrected chi connectivity index (χ1v) is 4.85. The van der Waals surface area contributed by atoms with Crippen molar-refractivity contribution in [3.63, 3.8) is 0 Å². The third-order valence-electron chi connectivity index (χ3n) is 2.21. The molecule has 0 spiro atoms. The summed E-state index contributed by atoms with van der Waals surface area (Å²) in [4.78, 5) is 4.47. The lowest BCUT2D eigenvalue weighted by atomic mass is 10.1. The highest BCUT2D eigenvalue weighted by Gasteiger charge is 2.07. The van der Waals surface area contributed by atoms with Crippen molar-refractivity contribution >= 4 is 5.70 Å².